The fraction of sp³-hybridized carbons (Fsp3) is 0.750. The molecule has 1 N–H and O–H groups in total. The van der Waals surface area contributed by atoms with Gasteiger partial charge in [0, 0.05) is 0 Å². The van der Waals surface area contributed by atoms with E-state index in [1.807, 2.05) is 0 Å². The monoisotopic (exact) mass is 162 g/mol. The Morgan fingerprint density at radius 3 is 3.00 bits per heavy atom. The van der Waals surface area contributed by atoms with Crippen molar-refractivity contribution < 1.29 is 5.11 Å². The van der Waals surface area contributed by atoms with Crippen LogP contribution < -0.4 is 0 Å². The average molecular weight is 163 g/mol. The predicted molar refractivity (Wildman–Crippen MR) is 34.5 cm³/mol. The number of hydrogen-bond acceptors (Lipinski definition) is 4. The second kappa shape index (κ2) is 3.48. The highest BCUT2D eigenvalue weighted by molar-refractivity contribution is 6.18. The van der Waals surface area contributed by atoms with Gasteiger partial charge in [0.15, 0.2) is 6.33 Å². The van der Waals surface area contributed by atoms with Crippen molar-refractivity contribution in [1.82, 2.24) is 20.2 Å². The Morgan fingerprint density at radius 2 is 2.50 bits per heavy atom. The summed E-state index contributed by atoms with van der Waals surface area (Å²) in [4.78, 5) is 1.28. The fourth-order valence-corrected chi connectivity index (χ4v) is 0.607. The lowest BCUT2D eigenvalue weighted by atomic mass is 10.4. The van der Waals surface area contributed by atoms with Crippen molar-refractivity contribution in [2.75, 3.05) is 5.88 Å². The van der Waals surface area contributed by atoms with E-state index in [4.69, 9.17) is 16.7 Å². The molecule has 1 heterocycles. The molecule has 1 unspecified atom stereocenters. The van der Waals surface area contributed by atoms with Crippen molar-refractivity contribution in [3.05, 3.63) is 6.33 Å². The van der Waals surface area contributed by atoms with Crippen LogP contribution in [-0.4, -0.2) is 37.3 Å². The van der Waals surface area contributed by atoms with Crippen LogP contribution in [0.2, 0.25) is 0 Å². The summed E-state index contributed by atoms with van der Waals surface area (Å²) >= 11 is 5.33. The first kappa shape index (κ1) is 7.43. The molecule has 0 amide bonds. The second-order valence-corrected chi connectivity index (χ2v) is 2.11. The summed E-state index contributed by atoms with van der Waals surface area (Å²) in [5, 5.41) is 19.6. The topological polar surface area (TPSA) is 63.8 Å². The first-order valence-corrected chi connectivity index (χ1v) is 3.31. The fourth-order valence-electron chi connectivity index (χ4n) is 0.509. The van der Waals surface area contributed by atoms with Gasteiger partial charge in [-0.2, -0.15) is 4.80 Å². The predicted octanol–water partition coefficient (Wildman–Crippen LogP) is -0.727. The summed E-state index contributed by atoms with van der Waals surface area (Å²) in [7, 11) is 0. The third-order valence-corrected chi connectivity index (χ3v) is 1.30. The maximum absolute atomic E-state index is 8.97. The molecule has 1 aromatic heterocycles. The average Bonchev–Trinajstić information content (AvgIpc) is 2.40. The lowest BCUT2D eigenvalue weighted by molar-refractivity contribution is 0.164. The number of nitrogens with zero attached hydrogens (tertiary/aromatic N) is 4. The number of aromatic nitrogens is 4. The first-order chi connectivity index (χ1) is 4.83. The third kappa shape index (κ3) is 1.93. The summed E-state index contributed by atoms with van der Waals surface area (Å²) in [6, 6.07) is 0. The minimum Gasteiger partial charge on any atom is -0.390 e. The van der Waals surface area contributed by atoms with Crippen molar-refractivity contribution >= 4 is 11.6 Å². The van der Waals surface area contributed by atoms with Crippen LogP contribution in [-0.2, 0) is 6.54 Å². The first-order valence-electron chi connectivity index (χ1n) is 2.77. The molecular weight excluding hydrogens is 156 g/mol. The highest BCUT2D eigenvalue weighted by Gasteiger charge is 2.03. The van der Waals surface area contributed by atoms with Gasteiger partial charge < -0.3 is 5.11 Å². The molecule has 0 saturated carbocycles. The highest BCUT2D eigenvalue weighted by Crippen LogP contribution is 1.89. The number of tetrazole rings is 1. The molecule has 0 radical (unpaired) electrons. The van der Waals surface area contributed by atoms with Crippen LogP contribution in [0.25, 0.3) is 0 Å². The second-order valence-electron chi connectivity index (χ2n) is 1.80. The zero-order valence-electron chi connectivity index (χ0n) is 5.18. The Kier molecular flexibility index (Phi) is 2.58. The van der Waals surface area contributed by atoms with Gasteiger partial charge in [0.05, 0.1) is 18.5 Å². The third-order valence-electron chi connectivity index (χ3n) is 0.944. The van der Waals surface area contributed by atoms with Gasteiger partial charge in [-0.25, -0.2) is 0 Å². The number of aliphatic hydroxyl groups excluding tert-OH is 1. The quantitative estimate of drug-likeness (QED) is 0.596. The van der Waals surface area contributed by atoms with Crippen molar-refractivity contribution in [3.63, 3.8) is 0 Å². The van der Waals surface area contributed by atoms with E-state index in [1.165, 1.54) is 11.1 Å². The van der Waals surface area contributed by atoms with E-state index in [9.17, 15) is 0 Å². The molecule has 5 nitrogen and oxygen atoms in total. The van der Waals surface area contributed by atoms with Gasteiger partial charge in [-0.15, -0.1) is 21.8 Å². The van der Waals surface area contributed by atoms with Gasteiger partial charge in [-0.3, -0.25) is 0 Å². The molecule has 1 atom stereocenters. The molecule has 0 aliphatic rings. The van der Waals surface area contributed by atoms with Crippen LogP contribution in [0.4, 0.5) is 0 Å². The molecule has 1 aromatic rings. The number of alkyl halides is 1. The Labute approximate surface area is 62.6 Å². The van der Waals surface area contributed by atoms with E-state index in [0.717, 1.165) is 0 Å². The van der Waals surface area contributed by atoms with Gasteiger partial charge in [-0.05, 0) is 5.21 Å². The Bertz CT molecular complexity index is 177. The van der Waals surface area contributed by atoms with Crippen molar-refractivity contribution in [1.29, 1.82) is 0 Å². The van der Waals surface area contributed by atoms with Crippen LogP contribution in [0.5, 0.6) is 0 Å². The van der Waals surface area contributed by atoms with Gasteiger partial charge in [-0.1, -0.05) is 0 Å². The van der Waals surface area contributed by atoms with Crippen LogP contribution in [0.15, 0.2) is 6.33 Å². The molecule has 0 aliphatic heterocycles. The van der Waals surface area contributed by atoms with Gasteiger partial charge >= 0.3 is 0 Å². The maximum atomic E-state index is 8.97. The summed E-state index contributed by atoms with van der Waals surface area (Å²) in [6.45, 7) is 0.295. The molecule has 0 aliphatic carbocycles. The van der Waals surface area contributed by atoms with E-state index >= 15 is 0 Å². The standard InChI is InChI=1S/C4H7ClN4O/c5-1-4(10)2-9-7-3-6-8-9/h3-4,10H,1-2H2. The van der Waals surface area contributed by atoms with Crippen LogP contribution >= 0.6 is 11.6 Å². The largest absolute Gasteiger partial charge is 0.390 e. The minimum absolute atomic E-state index is 0.182. The Morgan fingerprint density at radius 1 is 1.70 bits per heavy atom. The van der Waals surface area contributed by atoms with Gasteiger partial charge in [0.1, 0.15) is 0 Å². The molecule has 0 saturated heterocycles. The zero-order valence-corrected chi connectivity index (χ0v) is 5.94. The molecule has 10 heavy (non-hydrogen) atoms. The zero-order chi connectivity index (χ0) is 7.40. The molecule has 0 aromatic carbocycles. The van der Waals surface area contributed by atoms with E-state index in [1.54, 1.807) is 0 Å². The summed E-state index contributed by atoms with van der Waals surface area (Å²) in [5.74, 6) is 0.182. The van der Waals surface area contributed by atoms with E-state index < -0.39 is 6.10 Å². The van der Waals surface area contributed by atoms with Crippen LogP contribution in [0.3, 0.4) is 0 Å². The smallest absolute Gasteiger partial charge is 0.162 e. The minimum atomic E-state index is -0.601. The van der Waals surface area contributed by atoms with Crippen LogP contribution in [0, 0.1) is 0 Å². The maximum Gasteiger partial charge on any atom is 0.162 e. The number of hydrogen-bond donors (Lipinski definition) is 1. The molecular formula is C4H7ClN4O. The molecule has 56 valence electrons. The lowest BCUT2D eigenvalue weighted by Crippen LogP contribution is -2.19. The lowest BCUT2D eigenvalue weighted by Gasteiger charge is -2.02. The molecule has 6 heteroatoms. The van der Waals surface area contributed by atoms with Crippen molar-refractivity contribution in [2.24, 2.45) is 0 Å². The molecule has 0 spiro atoms. The molecule has 0 bridgehead atoms. The highest BCUT2D eigenvalue weighted by atomic mass is 35.5. The normalized spacial score (nSPS) is 13.4. The van der Waals surface area contributed by atoms with E-state index in [2.05, 4.69) is 15.4 Å². The van der Waals surface area contributed by atoms with Crippen molar-refractivity contribution in [2.45, 2.75) is 12.6 Å². The summed E-state index contributed by atoms with van der Waals surface area (Å²) < 4.78 is 0. The number of halogens is 1. The van der Waals surface area contributed by atoms with Crippen molar-refractivity contribution in [3.8, 4) is 0 Å². The SMILES string of the molecule is OC(CCl)Cn1ncnn1. The number of aliphatic hydroxyl groups is 1. The molecule has 0 fully saturated rings. The molecule has 1 rings (SSSR count). The summed E-state index contributed by atoms with van der Waals surface area (Å²) in [6.07, 6.45) is 0.705. The Balaban J connectivity index is 2.40. The Hall–Kier alpha value is -0.680. The summed E-state index contributed by atoms with van der Waals surface area (Å²) in [5.41, 5.74) is 0. The number of rotatable bonds is 3. The van der Waals surface area contributed by atoms with Crippen LogP contribution in [0.1, 0.15) is 0 Å². The van der Waals surface area contributed by atoms with Gasteiger partial charge in [0.25, 0.3) is 0 Å². The van der Waals surface area contributed by atoms with E-state index in [0.29, 0.717) is 6.54 Å². The van der Waals surface area contributed by atoms with Gasteiger partial charge in [0.2, 0.25) is 0 Å². The van der Waals surface area contributed by atoms with E-state index in [-0.39, 0.29) is 5.88 Å².